The second-order valence-corrected chi connectivity index (χ2v) is 4.86. The molecule has 5 heteroatoms. The van der Waals surface area contributed by atoms with E-state index in [1.54, 1.807) is 18.2 Å². The topological polar surface area (TPSA) is 71.9 Å². The molecule has 0 unspecified atom stereocenters. The van der Waals surface area contributed by atoms with Crippen LogP contribution >= 0.6 is 0 Å². The lowest BCUT2D eigenvalue weighted by atomic mass is 10.0. The van der Waals surface area contributed by atoms with Crippen LogP contribution in [0.4, 0.5) is 5.69 Å². The van der Waals surface area contributed by atoms with Crippen molar-refractivity contribution in [1.82, 2.24) is 4.57 Å². The van der Waals surface area contributed by atoms with E-state index in [9.17, 15) is 15.4 Å². The summed E-state index contributed by atoms with van der Waals surface area (Å²) in [7, 11) is 1.96. The van der Waals surface area contributed by atoms with Crippen LogP contribution in [0.1, 0.15) is 22.5 Å². The van der Waals surface area contributed by atoms with Crippen LogP contribution in [0.25, 0.3) is 11.6 Å². The van der Waals surface area contributed by atoms with Crippen LogP contribution in [0, 0.1) is 35.3 Å². The Bertz CT molecular complexity index is 779. The van der Waals surface area contributed by atoms with Gasteiger partial charge in [0, 0.05) is 30.6 Å². The van der Waals surface area contributed by atoms with Crippen LogP contribution in [0.15, 0.2) is 30.3 Å². The van der Waals surface area contributed by atoms with Gasteiger partial charge >= 0.3 is 0 Å². The SMILES string of the molecule is Cc1cc(C=C(C#N)c2cccc([N+](=O)[O-])c2)c(C)n1C. The number of benzene rings is 1. The largest absolute Gasteiger partial charge is 0.352 e. The summed E-state index contributed by atoms with van der Waals surface area (Å²) in [6.07, 6.45) is 1.77. The Hall–Kier alpha value is -2.87. The third-order valence-corrected chi connectivity index (χ3v) is 3.60. The first-order valence-electron chi connectivity index (χ1n) is 6.43. The van der Waals surface area contributed by atoms with Crippen LogP contribution in [-0.4, -0.2) is 9.49 Å². The van der Waals surface area contributed by atoms with Gasteiger partial charge in [-0.25, -0.2) is 0 Å². The Labute approximate surface area is 122 Å². The van der Waals surface area contributed by atoms with Crippen molar-refractivity contribution in [2.24, 2.45) is 7.05 Å². The molecule has 0 bridgehead atoms. The second kappa shape index (κ2) is 5.63. The van der Waals surface area contributed by atoms with Gasteiger partial charge in [-0.15, -0.1) is 0 Å². The first-order chi connectivity index (χ1) is 9.93. The molecule has 1 aromatic heterocycles. The van der Waals surface area contributed by atoms with Crippen molar-refractivity contribution in [2.45, 2.75) is 13.8 Å². The summed E-state index contributed by atoms with van der Waals surface area (Å²) in [6, 6.07) is 10.2. The molecule has 0 N–H and O–H groups in total. The molecular weight excluding hydrogens is 266 g/mol. The van der Waals surface area contributed by atoms with Crippen LogP contribution in [0.2, 0.25) is 0 Å². The van der Waals surface area contributed by atoms with Gasteiger partial charge in [-0.2, -0.15) is 5.26 Å². The fraction of sp³-hybridized carbons (Fsp3) is 0.188. The molecule has 0 spiro atoms. The highest BCUT2D eigenvalue weighted by atomic mass is 16.6. The summed E-state index contributed by atoms with van der Waals surface area (Å²) in [5, 5.41) is 20.2. The minimum atomic E-state index is -0.462. The molecule has 1 heterocycles. The van der Waals surface area contributed by atoms with Crippen molar-refractivity contribution in [2.75, 3.05) is 0 Å². The number of hydrogen-bond donors (Lipinski definition) is 0. The number of hydrogen-bond acceptors (Lipinski definition) is 3. The number of aromatic nitrogens is 1. The second-order valence-electron chi connectivity index (χ2n) is 4.86. The molecule has 0 saturated heterocycles. The molecule has 0 radical (unpaired) electrons. The monoisotopic (exact) mass is 281 g/mol. The van der Waals surface area contributed by atoms with Gasteiger partial charge in [0.2, 0.25) is 0 Å². The van der Waals surface area contributed by atoms with E-state index in [0.29, 0.717) is 11.1 Å². The summed E-state index contributed by atoms with van der Waals surface area (Å²) in [5.74, 6) is 0. The lowest BCUT2D eigenvalue weighted by Gasteiger charge is -2.01. The third kappa shape index (κ3) is 2.84. The van der Waals surface area contributed by atoms with E-state index in [2.05, 4.69) is 6.07 Å². The summed E-state index contributed by atoms with van der Waals surface area (Å²) in [5.41, 5.74) is 4.02. The van der Waals surface area contributed by atoms with Gasteiger partial charge < -0.3 is 4.57 Å². The van der Waals surface area contributed by atoms with Crippen molar-refractivity contribution in [3.05, 3.63) is 63.0 Å². The maximum Gasteiger partial charge on any atom is 0.270 e. The zero-order chi connectivity index (χ0) is 15.6. The van der Waals surface area contributed by atoms with E-state index in [1.165, 1.54) is 12.1 Å². The first kappa shape index (κ1) is 14.5. The highest BCUT2D eigenvalue weighted by molar-refractivity contribution is 5.90. The van der Waals surface area contributed by atoms with Crippen LogP contribution in [-0.2, 0) is 7.05 Å². The van der Waals surface area contributed by atoms with Crippen molar-refractivity contribution >= 4 is 17.3 Å². The van der Waals surface area contributed by atoms with E-state index in [4.69, 9.17) is 0 Å². The van der Waals surface area contributed by atoms with Crippen molar-refractivity contribution in [3.63, 3.8) is 0 Å². The van der Waals surface area contributed by atoms with Gasteiger partial charge in [0.25, 0.3) is 5.69 Å². The molecule has 0 aliphatic carbocycles. The Morgan fingerprint density at radius 3 is 2.62 bits per heavy atom. The van der Waals surface area contributed by atoms with E-state index >= 15 is 0 Å². The van der Waals surface area contributed by atoms with E-state index in [0.717, 1.165) is 17.0 Å². The Morgan fingerprint density at radius 2 is 2.10 bits per heavy atom. The average Bonchev–Trinajstić information content (AvgIpc) is 2.72. The van der Waals surface area contributed by atoms with Gasteiger partial charge in [-0.1, -0.05) is 12.1 Å². The molecule has 2 rings (SSSR count). The fourth-order valence-corrected chi connectivity index (χ4v) is 2.15. The molecule has 0 saturated carbocycles. The number of nitrogens with zero attached hydrogens (tertiary/aromatic N) is 3. The molecule has 0 amide bonds. The zero-order valence-corrected chi connectivity index (χ0v) is 12.1. The molecule has 106 valence electrons. The van der Waals surface area contributed by atoms with E-state index in [1.807, 2.05) is 31.5 Å². The van der Waals surface area contributed by atoms with E-state index < -0.39 is 4.92 Å². The standard InChI is InChI=1S/C16H15N3O2/c1-11-7-14(12(2)18(11)3)8-15(10-17)13-5-4-6-16(9-13)19(20)21/h4-9H,1-3H3. The van der Waals surface area contributed by atoms with Crippen LogP contribution < -0.4 is 0 Å². The van der Waals surface area contributed by atoms with Crippen molar-refractivity contribution < 1.29 is 4.92 Å². The Morgan fingerprint density at radius 1 is 1.38 bits per heavy atom. The molecule has 0 atom stereocenters. The van der Waals surface area contributed by atoms with Crippen molar-refractivity contribution in [1.29, 1.82) is 5.26 Å². The summed E-state index contributed by atoms with van der Waals surface area (Å²) in [4.78, 5) is 10.4. The van der Waals surface area contributed by atoms with E-state index in [-0.39, 0.29) is 5.69 Å². The number of aryl methyl sites for hydroxylation is 1. The first-order valence-corrected chi connectivity index (χ1v) is 6.43. The molecule has 2 aromatic rings. The fourth-order valence-electron chi connectivity index (χ4n) is 2.15. The maximum atomic E-state index is 10.8. The number of allylic oxidation sites excluding steroid dienone is 1. The van der Waals surface area contributed by atoms with Gasteiger partial charge in [-0.3, -0.25) is 10.1 Å². The van der Waals surface area contributed by atoms with Gasteiger partial charge in [0.15, 0.2) is 0 Å². The van der Waals surface area contributed by atoms with Crippen LogP contribution in [0.5, 0.6) is 0 Å². The lowest BCUT2D eigenvalue weighted by Crippen LogP contribution is -1.93. The lowest BCUT2D eigenvalue weighted by molar-refractivity contribution is -0.384. The smallest absolute Gasteiger partial charge is 0.270 e. The molecular formula is C16H15N3O2. The predicted octanol–water partition coefficient (Wildman–Crippen LogP) is 3.61. The maximum absolute atomic E-state index is 10.8. The quantitative estimate of drug-likeness (QED) is 0.490. The number of rotatable bonds is 3. The molecule has 0 fully saturated rings. The predicted molar refractivity (Wildman–Crippen MR) is 81.5 cm³/mol. The Balaban J connectivity index is 2.51. The Kier molecular flexibility index (Phi) is 3.90. The highest BCUT2D eigenvalue weighted by Crippen LogP contribution is 2.24. The molecule has 0 aliphatic heterocycles. The number of nitro groups is 1. The summed E-state index contributed by atoms with van der Waals surface area (Å²) < 4.78 is 2.04. The van der Waals surface area contributed by atoms with Gasteiger partial charge in [0.1, 0.15) is 0 Å². The zero-order valence-electron chi connectivity index (χ0n) is 12.1. The molecule has 21 heavy (non-hydrogen) atoms. The molecule has 5 nitrogen and oxygen atoms in total. The normalized spacial score (nSPS) is 11.2. The van der Waals surface area contributed by atoms with Crippen molar-refractivity contribution in [3.8, 4) is 6.07 Å². The van der Waals surface area contributed by atoms with Gasteiger partial charge in [0.05, 0.1) is 16.6 Å². The minimum absolute atomic E-state index is 0.0189. The molecule has 1 aromatic carbocycles. The summed E-state index contributed by atoms with van der Waals surface area (Å²) in [6.45, 7) is 3.96. The number of nitro benzene ring substituents is 1. The number of non-ortho nitro benzene ring substituents is 1. The molecule has 0 aliphatic rings. The number of nitriles is 1. The minimum Gasteiger partial charge on any atom is -0.352 e. The van der Waals surface area contributed by atoms with Crippen LogP contribution in [0.3, 0.4) is 0 Å². The third-order valence-electron chi connectivity index (χ3n) is 3.60. The average molecular weight is 281 g/mol. The highest BCUT2D eigenvalue weighted by Gasteiger charge is 2.10. The van der Waals surface area contributed by atoms with Gasteiger partial charge in [-0.05, 0) is 37.1 Å². The summed E-state index contributed by atoms with van der Waals surface area (Å²) >= 11 is 0.